The van der Waals surface area contributed by atoms with E-state index in [4.69, 9.17) is 0 Å². The summed E-state index contributed by atoms with van der Waals surface area (Å²) in [6.45, 7) is -0.0203. The number of rotatable bonds is 4. The Morgan fingerprint density at radius 2 is 1.93 bits per heavy atom. The number of hydrogen-bond acceptors (Lipinski definition) is 4. The lowest BCUT2D eigenvalue weighted by Crippen LogP contribution is -2.19. The topological polar surface area (TPSA) is 77.1 Å². The van der Waals surface area contributed by atoms with Crippen LogP contribution in [0.5, 0.6) is 0 Å². The summed E-state index contributed by atoms with van der Waals surface area (Å²) in [7, 11) is 0. The van der Waals surface area contributed by atoms with Crippen molar-refractivity contribution < 1.29 is 18.0 Å². The molecular weight excluding hydrogens is 361 g/mol. The number of fused-ring (bicyclic) bond motifs is 1. The highest BCUT2D eigenvalue weighted by atomic mass is 19.2. The third kappa shape index (κ3) is 3.24. The maximum Gasteiger partial charge on any atom is 0.249 e. The molecule has 4 rings (SSSR count). The van der Waals surface area contributed by atoms with Crippen LogP contribution in [-0.2, 0) is 11.3 Å². The Labute approximate surface area is 150 Å². The van der Waals surface area contributed by atoms with E-state index >= 15 is 0 Å². The molecule has 27 heavy (non-hydrogen) atoms. The van der Waals surface area contributed by atoms with Gasteiger partial charge in [0.25, 0.3) is 0 Å². The Hall–Kier alpha value is -3.69. The first-order chi connectivity index (χ1) is 13.0. The SMILES string of the molecule is O=C(Cn1cccn1)Nc1nc2ccc(-c3c(F)ccc(F)c3F)cn2n1. The summed E-state index contributed by atoms with van der Waals surface area (Å²) in [5.41, 5.74) is -0.0849. The molecule has 0 spiro atoms. The molecule has 0 aliphatic rings. The first-order valence-corrected chi connectivity index (χ1v) is 7.79. The lowest BCUT2D eigenvalue weighted by atomic mass is 10.1. The molecule has 7 nitrogen and oxygen atoms in total. The molecule has 10 heteroatoms. The summed E-state index contributed by atoms with van der Waals surface area (Å²) >= 11 is 0. The molecule has 3 heterocycles. The Bertz CT molecular complexity index is 1140. The molecule has 0 aliphatic carbocycles. The monoisotopic (exact) mass is 372 g/mol. The second-order valence-corrected chi connectivity index (χ2v) is 5.63. The van der Waals surface area contributed by atoms with Crippen molar-refractivity contribution in [1.29, 1.82) is 0 Å². The van der Waals surface area contributed by atoms with Gasteiger partial charge < -0.3 is 0 Å². The minimum Gasteiger partial charge on any atom is -0.292 e. The molecular formula is C17H11F3N6O. The predicted octanol–water partition coefficient (Wildman–Crippen LogP) is 2.65. The van der Waals surface area contributed by atoms with Crippen LogP contribution in [0.15, 0.2) is 48.9 Å². The zero-order valence-electron chi connectivity index (χ0n) is 13.6. The van der Waals surface area contributed by atoms with Crippen LogP contribution in [0.1, 0.15) is 0 Å². The molecule has 4 aromatic rings. The molecule has 1 amide bonds. The number of carbonyl (C=O) groups excluding carboxylic acids is 1. The van der Waals surface area contributed by atoms with Gasteiger partial charge in [-0.05, 0) is 30.3 Å². The standard InChI is InChI=1S/C17H11F3N6O/c18-11-3-4-12(19)16(20)15(11)10-2-5-13-22-17(24-26(13)8-10)23-14(27)9-25-7-1-6-21-25/h1-8H,9H2,(H,23,24,27). The molecule has 3 aromatic heterocycles. The Morgan fingerprint density at radius 1 is 1.11 bits per heavy atom. The summed E-state index contributed by atoms with van der Waals surface area (Å²) in [6.07, 6.45) is 4.47. The van der Waals surface area contributed by atoms with Crippen molar-refractivity contribution in [3.8, 4) is 11.1 Å². The maximum atomic E-state index is 14.0. The van der Waals surface area contributed by atoms with E-state index < -0.39 is 28.9 Å². The van der Waals surface area contributed by atoms with Gasteiger partial charge in [-0.3, -0.25) is 14.8 Å². The van der Waals surface area contributed by atoms with Crippen LogP contribution in [0.25, 0.3) is 16.8 Å². The molecule has 1 N–H and O–H groups in total. The number of pyridine rings is 1. The highest BCUT2D eigenvalue weighted by molar-refractivity contribution is 5.88. The molecule has 0 unspecified atom stereocenters. The molecule has 1 aromatic carbocycles. The zero-order chi connectivity index (χ0) is 19.0. The zero-order valence-corrected chi connectivity index (χ0v) is 13.6. The molecule has 0 radical (unpaired) electrons. The molecule has 0 atom stereocenters. The van der Waals surface area contributed by atoms with E-state index in [2.05, 4.69) is 20.5 Å². The number of anilines is 1. The van der Waals surface area contributed by atoms with Gasteiger partial charge >= 0.3 is 0 Å². The average Bonchev–Trinajstić information content (AvgIpc) is 3.27. The van der Waals surface area contributed by atoms with Crippen LogP contribution in [0.2, 0.25) is 0 Å². The van der Waals surface area contributed by atoms with Gasteiger partial charge in [-0.15, -0.1) is 5.10 Å². The maximum absolute atomic E-state index is 14.0. The summed E-state index contributed by atoms with van der Waals surface area (Å²) < 4.78 is 44.0. The fourth-order valence-corrected chi connectivity index (χ4v) is 2.58. The largest absolute Gasteiger partial charge is 0.292 e. The van der Waals surface area contributed by atoms with E-state index in [1.807, 2.05) is 0 Å². The molecule has 0 bridgehead atoms. The Balaban J connectivity index is 1.63. The van der Waals surface area contributed by atoms with Gasteiger partial charge in [-0.2, -0.15) is 10.1 Å². The second kappa shape index (κ2) is 6.56. The quantitative estimate of drug-likeness (QED) is 0.559. The summed E-state index contributed by atoms with van der Waals surface area (Å²) in [6, 6.07) is 6.09. The molecule has 0 aliphatic heterocycles. The van der Waals surface area contributed by atoms with E-state index in [1.54, 1.807) is 18.5 Å². The number of hydrogen-bond donors (Lipinski definition) is 1. The lowest BCUT2D eigenvalue weighted by Gasteiger charge is -2.06. The van der Waals surface area contributed by atoms with Crippen LogP contribution in [0, 0.1) is 17.5 Å². The normalized spacial score (nSPS) is 11.1. The van der Waals surface area contributed by atoms with Crippen LogP contribution in [0.3, 0.4) is 0 Å². The van der Waals surface area contributed by atoms with Crippen molar-refractivity contribution >= 4 is 17.5 Å². The average molecular weight is 372 g/mol. The van der Waals surface area contributed by atoms with Gasteiger partial charge in [0.2, 0.25) is 11.9 Å². The van der Waals surface area contributed by atoms with Crippen molar-refractivity contribution in [2.45, 2.75) is 6.54 Å². The molecule has 0 fully saturated rings. The van der Waals surface area contributed by atoms with Crippen LogP contribution in [-0.4, -0.2) is 30.3 Å². The van der Waals surface area contributed by atoms with Crippen LogP contribution < -0.4 is 5.32 Å². The molecule has 0 saturated carbocycles. The van der Waals surface area contributed by atoms with E-state index in [1.165, 1.54) is 27.5 Å². The minimum atomic E-state index is -1.29. The highest BCUT2D eigenvalue weighted by Gasteiger charge is 2.17. The predicted molar refractivity (Wildman–Crippen MR) is 89.2 cm³/mol. The van der Waals surface area contributed by atoms with Gasteiger partial charge in [0.05, 0.1) is 5.56 Å². The smallest absolute Gasteiger partial charge is 0.249 e. The van der Waals surface area contributed by atoms with Crippen molar-refractivity contribution in [2.75, 3.05) is 5.32 Å². The van der Waals surface area contributed by atoms with Crippen molar-refractivity contribution in [3.05, 3.63) is 66.4 Å². The third-order valence-corrected chi connectivity index (χ3v) is 3.78. The Kier molecular flexibility index (Phi) is 4.07. The Morgan fingerprint density at radius 3 is 2.70 bits per heavy atom. The fraction of sp³-hybridized carbons (Fsp3) is 0.0588. The minimum absolute atomic E-state index is 0.0180. The van der Waals surface area contributed by atoms with Crippen LogP contribution >= 0.6 is 0 Å². The number of amides is 1. The first-order valence-electron chi connectivity index (χ1n) is 7.79. The van der Waals surface area contributed by atoms with Gasteiger partial charge in [-0.1, -0.05) is 0 Å². The van der Waals surface area contributed by atoms with Gasteiger partial charge in [0.1, 0.15) is 12.4 Å². The van der Waals surface area contributed by atoms with Crippen LogP contribution in [0.4, 0.5) is 19.1 Å². The third-order valence-electron chi connectivity index (χ3n) is 3.78. The number of aromatic nitrogens is 5. The number of halogens is 3. The first kappa shape index (κ1) is 16.8. The molecule has 136 valence electrons. The van der Waals surface area contributed by atoms with Crippen molar-refractivity contribution in [1.82, 2.24) is 24.4 Å². The van der Waals surface area contributed by atoms with Gasteiger partial charge in [-0.25, -0.2) is 17.7 Å². The number of nitrogens with one attached hydrogen (secondary N) is 1. The molecule has 0 saturated heterocycles. The number of nitrogens with zero attached hydrogens (tertiary/aromatic N) is 5. The van der Waals surface area contributed by atoms with E-state index in [-0.39, 0.29) is 18.1 Å². The number of carbonyl (C=O) groups is 1. The van der Waals surface area contributed by atoms with Crippen molar-refractivity contribution in [3.63, 3.8) is 0 Å². The summed E-state index contributed by atoms with van der Waals surface area (Å²) in [4.78, 5) is 16.1. The summed E-state index contributed by atoms with van der Waals surface area (Å²) in [5, 5.41) is 10.5. The lowest BCUT2D eigenvalue weighted by molar-refractivity contribution is -0.116. The second-order valence-electron chi connectivity index (χ2n) is 5.63. The van der Waals surface area contributed by atoms with E-state index in [0.29, 0.717) is 5.65 Å². The fourth-order valence-electron chi connectivity index (χ4n) is 2.58. The number of benzene rings is 1. The summed E-state index contributed by atoms with van der Waals surface area (Å²) in [5.74, 6) is -3.72. The van der Waals surface area contributed by atoms with E-state index in [9.17, 15) is 18.0 Å². The van der Waals surface area contributed by atoms with Gasteiger partial charge in [0.15, 0.2) is 17.3 Å². The highest BCUT2D eigenvalue weighted by Crippen LogP contribution is 2.27. The van der Waals surface area contributed by atoms with Gasteiger partial charge in [0, 0.05) is 24.2 Å². The van der Waals surface area contributed by atoms with Crippen molar-refractivity contribution in [2.24, 2.45) is 0 Å². The van der Waals surface area contributed by atoms with E-state index in [0.717, 1.165) is 12.1 Å².